The van der Waals surface area contributed by atoms with Crippen LogP contribution >= 0.6 is 11.6 Å². The summed E-state index contributed by atoms with van der Waals surface area (Å²) in [4.78, 5) is 26.6. The van der Waals surface area contributed by atoms with Crippen molar-refractivity contribution in [1.82, 2.24) is 10.2 Å². The Morgan fingerprint density at radius 1 is 1.08 bits per heavy atom. The molecule has 0 saturated heterocycles. The monoisotopic (exact) mass is 376 g/mol. The standard InChI is InChI=1S/C20H22ClFN2O2/c1-3-23-20(26)14(2)24(13-16-6-10-18(22)11-7-16)19(25)12-15-4-8-17(21)9-5-15/h4-11,14H,3,12-13H2,1-2H3,(H,23,26)/t14-/m1/s1. The average Bonchev–Trinajstić information content (AvgIpc) is 2.62. The number of amides is 2. The third-order valence-electron chi connectivity index (χ3n) is 4.05. The summed E-state index contributed by atoms with van der Waals surface area (Å²) in [5.41, 5.74) is 1.57. The molecule has 4 nitrogen and oxygen atoms in total. The minimum Gasteiger partial charge on any atom is -0.355 e. The maximum Gasteiger partial charge on any atom is 0.242 e. The van der Waals surface area contributed by atoms with E-state index >= 15 is 0 Å². The van der Waals surface area contributed by atoms with Gasteiger partial charge in [0.05, 0.1) is 6.42 Å². The van der Waals surface area contributed by atoms with E-state index < -0.39 is 6.04 Å². The Balaban J connectivity index is 2.20. The van der Waals surface area contributed by atoms with Gasteiger partial charge >= 0.3 is 0 Å². The van der Waals surface area contributed by atoms with Crippen molar-refractivity contribution in [3.63, 3.8) is 0 Å². The van der Waals surface area contributed by atoms with Gasteiger partial charge in [-0.3, -0.25) is 9.59 Å². The van der Waals surface area contributed by atoms with Crippen LogP contribution in [-0.2, 0) is 22.6 Å². The number of nitrogens with one attached hydrogen (secondary N) is 1. The minimum absolute atomic E-state index is 0.155. The minimum atomic E-state index is -0.639. The molecule has 0 aliphatic rings. The van der Waals surface area contributed by atoms with E-state index in [1.54, 1.807) is 43.3 Å². The van der Waals surface area contributed by atoms with E-state index in [9.17, 15) is 14.0 Å². The third-order valence-corrected chi connectivity index (χ3v) is 4.31. The first-order valence-corrected chi connectivity index (χ1v) is 8.84. The van der Waals surface area contributed by atoms with Gasteiger partial charge < -0.3 is 10.2 Å². The van der Waals surface area contributed by atoms with E-state index in [2.05, 4.69) is 5.32 Å². The smallest absolute Gasteiger partial charge is 0.242 e. The van der Waals surface area contributed by atoms with Gasteiger partial charge in [-0.1, -0.05) is 35.9 Å². The highest BCUT2D eigenvalue weighted by Gasteiger charge is 2.25. The van der Waals surface area contributed by atoms with Crippen LogP contribution < -0.4 is 5.32 Å². The molecule has 6 heteroatoms. The van der Waals surface area contributed by atoms with Crippen molar-refractivity contribution >= 4 is 23.4 Å². The quantitative estimate of drug-likeness (QED) is 0.803. The van der Waals surface area contributed by atoms with Crippen LogP contribution in [0.15, 0.2) is 48.5 Å². The number of carbonyl (C=O) groups is 2. The Labute approximate surface area is 158 Å². The van der Waals surface area contributed by atoms with Gasteiger partial charge in [0.1, 0.15) is 11.9 Å². The van der Waals surface area contributed by atoms with Crippen LogP contribution in [0.5, 0.6) is 0 Å². The Kier molecular flexibility index (Phi) is 7.16. The second-order valence-corrected chi connectivity index (χ2v) is 6.46. The molecule has 0 fully saturated rings. The topological polar surface area (TPSA) is 49.4 Å². The molecule has 0 aliphatic carbocycles. The highest BCUT2D eigenvalue weighted by Crippen LogP contribution is 2.15. The van der Waals surface area contributed by atoms with Crippen LogP contribution in [0, 0.1) is 5.82 Å². The van der Waals surface area contributed by atoms with Crippen molar-refractivity contribution < 1.29 is 14.0 Å². The van der Waals surface area contributed by atoms with Crippen molar-refractivity contribution in [2.45, 2.75) is 32.9 Å². The Morgan fingerprint density at radius 2 is 1.65 bits per heavy atom. The van der Waals surface area contributed by atoms with E-state index in [1.165, 1.54) is 17.0 Å². The Morgan fingerprint density at radius 3 is 2.23 bits per heavy atom. The fraction of sp³-hybridized carbons (Fsp3) is 0.300. The second kappa shape index (κ2) is 9.34. The maximum absolute atomic E-state index is 13.1. The third kappa shape index (κ3) is 5.56. The van der Waals surface area contributed by atoms with Gasteiger partial charge in [0, 0.05) is 18.1 Å². The van der Waals surface area contributed by atoms with Crippen LogP contribution in [0.1, 0.15) is 25.0 Å². The molecule has 0 spiro atoms. The largest absolute Gasteiger partial charge is 0.355 e. The SMILES string of the molecule is CCNC(=O)[C@@H](C)N(Cc1ccc(F)cc1)C(=O)Cc1ccc(Cl)cc1. The molecule has 0 aliphatic heterocycles. The van der Waals surface area contributed by atoms with Gasteiger partial charge in [0.2, 0.25) is 11.8 Å². The lowest BCUT2D eigenvalue weighted by Crippen LogP contribution is -2.48. The van der Waals surface area contributed by atoms with Gasteiger partial charge in [0.25, 0.3) is 0 Å². The number of hydrogen-bond acceptors (Lipinski definition) is 2. The molecule has 2 amide bonds. The number of halogens is 2. The Hall–Kier alpha value is -2.40. The molecule has 0 aromatic heterocycles. The van der Waals surface area contributed by atoms with Crippen molar-refractivity contribution in [1.29, 1.82) is 0 Å². The molecule has 26 heavy (non-hydrogen) atoms. The zero-order chi connectivity index (χ0) is 19.1. The second-order valence-electron chi connectivity index (χ2n) is 6.02. The van der Waals surface area contributed by atoms with Gasteiger partial charge in [0.15, 0.2) is 0 Å². The zero-order valence-electron chi connectivity index (χ0n) is 14.8. The van der Waals surface area contributed by atoms with Crippen LogP contribution in [0.3, 0.4) is 0 Å². The summed E-state index contributed by atoms with van der Waals surface area (Å²) in [6, 6.07) is 12.3. The molecule has 138 valence electrons. The molecule has 0 heterocycles. The molecular weight excluding hydrogens is 355 g/mol. The summed E-state index contributed by atoms with van der Waals surface area (Å²) in [6.45, 7) is 4.22. The number of hydrogen-bond donors (Lipinski definition) is 1. The van der Waals surface area contributed by atoms with E-state index in [0.29, 0.717) is 11.6 Å². The fourth-order valence-electron chi connectivity index (χ4n) is 2.57. The lowest BCUT2D eigenvalue weighted by atomic mass is 10.1. The van der Waals surface area contributed by atoms with Crippen molar-refractivity contribution in [2.24, 2.45) is 0 Å². The molecule has 2 aromatic rings. The number of benzene rings is 2. The predicted octanol–water partition coefficient (Wildman–Crippen LogP) is 3.58. The van der Waals surface area contributed by atoms with Crippen LogP contribution in [0.2, 0.25) is 5.02 Å². The highest BCUT2D eigenvalue weighted by atomic mass is 35.5. The first kappa shape index (κ1) is 19.9. The fourth-order valence-corrected chi connectivity index (χ4v) is 2.70. The molecule has 2 rings (SSSR count). The molecule has 0 unspecified atom stereocenters. The van der Waals surface area contributed by atoms with E-state index in [1.807, 2.05) is 6.92 Å². The van der Waals surface area contributed by atoms with Gasteiger partial charge in [-0.15, -0.1) is 0 Å². The first-order valence-electron chi connectivity index (χ1n) is 8.46. The number of nitrogens with zero attached hydrogens (tertiary/aromatic N) is 1. The summed E-state index contributed by atoms with van der Waals surface area (Å²) >= 11 is 5.88. The van der Waals surface area contributed by atoms with E-state index in [4.69, 9.17) is 11.6 Å². The maximum atomic E-state index is 13.1. The first-order chi connectivity index (χ1) is 12.4. The summed E-state index contributed by atoms with van der Waals surface area (Å²) in [5, 5.41) is 3.33. The van der Waals surface area contributed by atoms with Crippen LogP contribution in [-0.4, -0.2) is 29.3 Å². The number of rotatable bonds is 7. The zero-order valence-corrected chi connectivity index (χ0v) is 15.6. The molecule has 1 atom stereocenters. The van der Waals surface area contributed by atoms with Crippen LogP contribution in [0.25, 0.3) is 0 Å². The van der Waals surface area contributed by atoms with Gasteiger partial charge in [-0.05, 0) is 49.2 Å². The van der Waals surface area contributed by atoms with Gasteiger partial charge in [-0.2, -0.15) is 0 Å². The van der Waals surface area contributed by atoms with E-state index in [0.717, 1.165) is 11.1 Å². The molecule has 0 saturated carbocycles. The van der Waals surface area contributed by atoms with Gasteiger partial charge in [-0.25, -0.2) is 4.39 Å². The summed E-state index contributed by atoms with van der Waals surface area (Å²) in [7, 11) is 0. The summed E-state index contributed by atoms with van der Waals surface area (Å²) in [5.74, 6) is -0.751. The molecule has 1 N–H and O–H groups in total. The highest BCUT2D eigenvalue weighted by molar-refractivity contribution is 6.30. The lowest BCUT2D eigenvalue weighted by Gasteiger charge is -2.29. The van der Waals surface area contributed by atoms with Crippen LogP contribution in [0.4, 0.5) is 4.39 Å². The lowest BCUT2D eigenvalue weighted by molar-refractivity contribution is -0.140. The Bertz CT molecular complexity index is 747. The summed E-state index contributed by atoms with van der Waals surface area (Å²) in [6.07, 6.45) is 0.155. The van der Waals surface area contributed by atoms with E-state index in [-0.39, 0.29) is 30.6 Å². The van der Waals surface area contributed by atoms with Crippen molar-refractivity contribution in [3.05, 3.63) is 70.5 Å². The molecular formula is C20H22ClFN2O2. The predicted molar refractivity (Wildman–Crippen MR) is 100 cm³/mol. The summed E-state index contributed by atoms with van der Waals surface area (Å²) < 4.78 is 13.1. The number of likely N-dealkylation sites (N-methyl/N-ethyl adjacent to an activating group) is 1. The average molecular weight is 377 g/mol. The molecule has 0 radical (unpaired) electrons. The number of carbonyl (C=O) groups excluding carboxylic acids is 2. The normalized spacial score (nSPS) is 11.7. The molecule has 2 aromatic carbocycles. The molecule has 0 bridgehead atoms. The van der Waals surface area contributed by atoms with Crippen molar-refractivity contribution in [3.8, 4) is 0 Å². The van der Waals surface area contributed by atoms with Crippen molar-refractivity contribution in [2.75, 3.05) is 6.54 Å².